The van der Waals surface area contributed by atoms with E-state index in [-0.39, 0.29) is 46.7 Å². The number of benzene rings is 6. The molecule has 3 aliphatic rings. The molecule has 2 aliphatic heterocycles. The second kappa shape index (κ2) is 12.0. The number of esters is 4. The number of hydrogen-bond donors (Lipinski definition) is 0. The molecule has 2 heterocycles. The van der Waals surface area contributed by atoms with Crippen molar-refractivity contribution < 1.29 is 38.2 Å². The van der Waals surface area contributed by atoms with Crippen molar-refractivity contribution >= 4 is 35.4 Å². The zero-order valence-corrected chi connectivity index (χ0v) is 27.9. The Morgan fingerprint density at radius 1 is 0.415 bits per heavy atom. The molecule has 0 N–H and O–H groups in total. The van der Waals surface area contributed by atoms with Crippen LogP contribution in [0.3, 0.4) is 0 Å². The lowest BCUT2D eigenvalue weighted by Gasteiger charge is -2.34. The fraction of sp³-hybridized carbons (Fsp3) is 0.0667. The molecular formula is C45H26O8. The number of Topliss-reactive ketones (excluding diaryl/α,β-unsaturated/α-hetero) is 2. The first-order chi connectivity index (χ1) is 25.7. The first-order valence-electron chi connectivity index (χ1n) is 17.0. The topological polar surface area (TPSA) is 121 Å². The van der Waals surface area contributed by atoms with E-state index >= 15 is 0 Å². The molecule has 8 heteroatoms. The predicted octanol–water partition coefficient (Wildman–Crippen LogP) is 7.52. The average molecular weight is 695 g/mol. The van der Waals surface area contributed by atoms with Gasteiger partial charge in [0, 0.05) is 24.0 Å². The normalized spacial score (nSPS) is 14.6. The number of cyclic esters (lactones) is 4. The highest BCUT2D eigenvalue weighted by Crippen LogP contribution is 2.56. The molecule has 9 rings (SSSR count). The third-order valence-electron chi connectivity index (χ3n) is 10.4. The van der Waals surface area contributed by atoms with E-state index in [4.69, 9.17) is 0 Å². The van der Waals surface area contributed by atoms with Crippen LogP contribution in [-0.4, -0.2) is 35.4 Å². The molecule has 254 valence electrons. The summed E-state index contributed by atoms with van der Waals surface area (Å²) in [7, 11) is 0. The Hall–Kier alpha value is -7.06. The minimum absolute atomic E-state index is 0.0900. The van der Waals surface area contributed by atoms with Crippen LogP contribution in [0.1, 0.15) is 95.5 Å². The van der Waals surface area contributed by atoms with Gasteiger partial charge < -0.3 is 9.47 Å². The number of ether oxygens (including phenoxy) is 2. The van der Waals surface area contributed by atoms with E-state index in [1.54, 1.807) is 0 Å². The zero-order chi connectivity index (χ0) is 36.4. The Labute approximate surface area is 302 Å². The van der Waals surface area contributed by atoms with Gasteiger partial charge in [0.15, 0.2) is 11.6 Å². The van der Waals surface area contributed by atoms with Crippen LogP contribution in [0.15, 0.2) is 133 Å². The molecule has 0 atom stereocenters. The monoisotopic (exact) mass is 694 g/mol. The van der Waals surface area contributed by atoms with Crippen LogP contribution in [-0.2, 0) is 27.7 Å². The molecule has 1 aliphatic carbocycles. The second-order valence-corrected chi connectivity index (χ2v) is 13.3. The number of carbonyl (C=O) groups is 6. The van der Waals surface area contributed by atoms with Crippen molar-refractivity contribution in [2.75, 3.05) is 0 Å². The smallest absolute Gasteiger partial charge is 0.346 e. The minimum atomic E-state index is -0.753. The summed E-state index contributed by atoms with van der Waals surface area (Å²) in [4.78, 5) is 74.6. The maximum absolute atomic E-state index is 13.3. The van der Waals surface area contributed by atoms with Gasteiger partial charge in [-0.1, -0.05) is 109 Å². The number of carbonyl (C=O) groups excluding carboxylic acids is 6. The second-order valence-electron chi connectivity index (χ2n) is 13.3. The molecule has 0 saturated heterocycles. The molecule has 6 aromatic carbocycles. The van der Waals surface area contributed by atoms with Gasteiger partial charge in [-0.05, 0) is 68.8 Å². The van der Waals surface area contributed by atoms with Crippen LogP contribution in [0.2, 0.25) is 0 Å². The summed E-state index contributed by atoms with van der Waals surface area (Å²) in [5.41, 5.74) is 8.43. The fourth-order valence-electron chi connectivity index (χ4n) is 7.86. The van der Waals surface area contributed by atoms with Crippen LogP contribution < -0.4 is 0 Å². The highest BCUT2D eigenvalue weighted by Gasteiger charge is 2.46. The quantitative estimate of drug-likeness (QED) is 0.0910. The van der Waals surface area contributed by atoms with Gasteiger partial charge in [-0.3, -0.25) is 9.59 Å². The van der Waals surface area contributed by atoms with E-state index in [9.17, 15) is 28.8 Å². The van der Waals surface area contributed by atoms with Gasteiger partial charge in [0.25, 0.3) is 0 Å². The summed E-state index contributed by atoms with van der Waals surface area (Å²) in [6, 6.07) is 41.4. The van der Waals surface area contributed by atoms with Gasteiger partial charge >= 0.3 is 23.9 Å². The van der Waals surface area contributed by atoms with Gasteiger partial charge in [0.05, 0.1) is 27.7 Å². The third kappa shape index (κ3) is 4.98. The van der Waals surface area contributed by atoms with Gasteiger partial charge in [0.1, 0.15) is 0 Å². The average Bonchev–Trinajstić information content (AvgIpc) is 3.76. The highest BCUT2D eigenvalue weighted by molar-refractivity contribution is 6.16. The summed E-state index contributed by atoms with van der Waals surface area (Å²) in [5, 5.41) is 0. The number of fused-ring (bicyclic) bond motifs is 5. The predicted molar refractivity (Wildman–Crippen MR) is 192 cm³/mol. The Balaban J connectivity index is 1.06. The molecule has 0 amide bonds. The lowest BCUT2D eigenvalue weighted by atomic mass is 9.67. The van der Waals surface area contributed by atoms with E-state index in [1.807, 2.05) is 72.8 Å². The van der Waals surface area contributed by atoms with Crippen molar-refractivity contribution in [3.05, 3.63) is 200 Å². The molecule has 0 unspecified atom stereocenters. The Kier molecular flexibility index (Phi) is 7.24. The molecule has 0 spiro atoms. The van der Waals surface area contributed by atoms with Gasteiger partial charge in [-0.25, -0.2) is 19.2 Å². The SMILES string of the molecule is O=C(Cc1ccc(C2(c3ccc(CC(=O)c4ccc5c(c4)C(=O)OC5=O)cc3)c3ccccc3-c3ccccc32)cc1)c1ccc2c(c1)C(=O)OC2=O. The largest absolute Gasteiger partial charge is 0.386 e. The minimum Gasteiger partial charge on any atom is -0.386 e. The van der Waals surface area contributed by atoms with E-state index in [1.165, 1.54) is 36.4 Å². The molecule has 8 nitrogen and oxygen atoms in total. The summed E-state index contributed by atoms with van der Waals surface area (Å²) in [6.07, 6.45) is 0.180. The lowest BCUT2D eigenvalue weighted by molar-refractivity contribution is 0.0425. The van der Waals surface area contributed by atoms with Gasteiger partial charge in [-0.2, -0.15) is 0 Å². The standard InChI is InChI=1S/C45H26O8/c46-39(27-13-19-33-35(23-27)43(50)52-41(33)48)21-25-9-15-29(16-10-25)45(37-7-3-1-5-31(37)32-6-2-4-8-38(32)45)30-17-11-26(12-18-30)22-40(47)28-14-20-34-36(24-28)44(51)53-42(34)49/h1-20,23-24H,21-22H2. The summed E-state index contributed by atoms with van der Waals surface area (Å²) in [6.45, 7) is 0. The summed E-state index contributed by atoms with van der Waals surface area (Å²) in [5.74, 6) is -3.32. The van der Waals surface area contributed by atoms with Crippen molar-refractivity contribution in [2.45, 2.75) is 18.3 Å². The molecule has 0 radical (unpaired) electrons. The van der Waals surface area contributed by atoms with E-state index < -0.39 is 29.3 Å². The lowest BCUT2D eigenvalue weighted by Crippen LogP contribution is -2.28. The highest BCUT2D eigenvalue weighted by atomic mass is 16.6. The first-order valence-corrected chi connectivity index (χ1v) is 17.0. The number of rotatable bonds is 8. The van der Waals surface area contributed by atoms with Gasteiger partial charge in [0.2, 0.25) is 0 Å². The van der Waals surface area contributed by atoms with Gasteiger partial charge in [-0.15, -0.1) is 0 Å². The van der Waals surface area contributed by atoms with Crippen molar-refractivity contribution in [2.24, 2.45) is 0 Å². The maximum Gasteiger partial charge on any atom is 0.346 e. The molecular weight excluding hydrogens is 668 g/mol. The van der Waals surface area contributed by atoms with Crippen molar-refractivity contribution in [3.63, 3.8) is 0 Å². The van der Waals surface area contributed by atoms with E-state index in [0.717, 1.165) is 44.5 Å². The summed E-state index contributed by atoms with van der Waals surface area (Å²) >= 11 is 0. The first kappa shape index (κ1) is 31.9. The Morgan fingerprint density at radius 3 is 1.21 bits per heavy atom. The molecule has 0 saturated carbocycles. The maximum atomic E-state index is 13.3. The number of ketones is 2. The zero-order valence-electron chi connectivity index (χ0n) is 27.9. The van der Waals surface area contributed by atoms with Crippen LogP contribution >= 0.6 is 0 Å². The van der Waals surface area contributed by atoms with Crippen LogP contribution in [0.5, 0.6) is 0 Å². The van der Waals surface area contributed by atoms with Crippen LogP contribution in [0.25, 0.3) is 11.1 Å². The van der Waals surface area contributed by atoms with Crippen LogP contribution in [0, 0.1) is 0 Å². The third-order valence-corrected chi connectivity index (χ3v) is 10.4. The van der Waals surface area contributed by atoms with E-state index in [0.29, 0.717) is 11.1 Å². The Morgan fingerprint density at radius 2 is 0.792 bits per heavy atom. The molecule has 53 heavy (non-hydrogen) atoms. The number of hydrogen-bond acceptors (Lipinski definition) is 8. The van der Waals surface area contributed by atoms with Crippen molar-refractivity contribution in [3.8, 4) is 11.1 Å². The van der Waals surface area contributed by atoms with Crippen molar-refractivity contribution in [1.82, 2.24) is 0 Å². The molecule has 6 aromatic rings. The van der Waals surface area contributed by atoms with Crippen LogP contribution in [0.4, 0.5) is 0 Å². The molecule has 0 bridgehead atoms. The fourth-order valence-corrected chi connectivity index (χ4v) is 7.86. The Bertz CT molecular complexity index is 2430. The van der Waals surface area contributed by atoms with E-state index in [2.05, 4.69) is 33.7 Å². The van der Waals surface area contributed by atoms with Crippen molar-refractivity contribution in [1.29, 1.82) is 0 Å². The summed E-state index contributed by atoms with van der Waals surface area (Å²) < 4.78 is 9.35. The molecule has 0 fully saturated rings. The molecule has 0 aromatic heterocycles.